The summed E-state index contributed by atoms with van der Waals surface area (Å²) < 4.78 is 0. The van der Waals surface area contributed by atoms with Crippen LogP contribution in [0, 0.1) is 12.0 Å². The van der Waals surface area contributed by atoms with E-state index >= 15 is 0 Å². The van der Waals surface area contributed by atoms with Crippen molar-refractivity contribution >= 4 is 0 Å². The molecule has 1 fully saturated rings. The quantitative estimate of drug-likeness (QED) is 0.598. The van der Waals surface area contributed by atoms with E-state index in [2.05, 4.69) is 11.1 Å². The zero-order chi connectivity index (χ0) is 6.81. The molecular formula is C9H10N. The molecule has 1 radical (unpaired) electrons. The number of hydrogen-bond donors (Lipinski definition) is 0. The lowest BCUT2D eigenvalue weighted by Crippen LogP contribution is -1.89. The maximum Gasteiger partial charge on any atom is 0.0412 e. The molecule has 1 nitrogen and oxygen atoms in total. The SMILES string of the molecule is [c]1ccnc(CC2CC2)c1. The summed E-state index contributed by atoms with van der Waals surface area (Å²) >= 11 is 0. The van der Waals surface area contributed by atoms with E-state index in [4.69, 9.17) is 0 Å². The van der Waals surface area contributed by atoms with Crippen molar-refractivity contribution in [2.45, 2.75) is 19.3 Å². The Balaban J connectivity index is 2.03. The smallest absolute Gasteiger partial charge is 0.0412 e. The Labute approximate surface area is 61.1 Å². The second kappa shape index (κ2) is 2.41. The molecule has 0 bridgehead atoms. The summed E-state index contributed by atoms with van der Waals surface area (Å²) in [6, 6.07) is 6.86. The summed E-state index contributed by atoms with van der Waals surface area (Å²) in [6.07, 6.45) is 5.78. The Kier molecular flexibility index (Phi) is 1.42. The Morgan fingerprint density at radius 1 is 1.60 bits per heavy atom. The third-order valence-electron chi connectivity index (χ3n) is 1.86. The van der Waals surface area contributed by atoms with Crippen LogP contribution in [0.5, 0.6) is 0 Å². The first-order valence-corrected chi connectivity index (χ1v) is 3.76. The van der Waals surface area contributed by atoms with E-state index in [1.807, 2.05) is 18.3 Å². The van der Waals surface area contributed by atoms with Crippen molar-refractivity contribution in [2.24, 2.45) is 5.92 Å². The fraction of sp³-hybridized carbons (Fsp3) is 0.444. The third-order valence-corrected chi connectivity index (χ3v) is 1.86. The minimum atomic E-state index is 0.934. The van der Waals surface area contributed by atoms with E-state index in [1.165, 1.54) is 18.5 Å². The third kappa shape index (κ3) is 1.35. The molecule has 0 atom stereocenters. The maximum absolute atomic E-state index is 4.23. The van der Waals surface area contributed by atoms with Gasteiger partial charge in [-0.25, -0.2) is 0 Å². The minimum absolute atomic E-state index is 0.934. The Hall–Kier alpha value is -0.850. The van der Waals surface area contributed by atoms with Crippen molar-refractivity contribution in [1.82, 2.24) is 4.98 Å². The molecule has 51 valence electrons. The van der Waals surface area contributed by atoms with E-state index in [1.54, 1.807) is 0 Å². The van der Waals surface area contributed by atoms with Crippen LogP contribution in [-0.2, 0) is 6.42 Å². The lowest BCUT2D eigenvalue weighted by atomic mass is 10.2. The van der Waals surface area contributed by atoms with Gasteiger partial charge in [-0.05, 0) is 43.4 Å². The molecule has 0 saturated heterocycles. The van der Waals surface area contributed by atoms with Crippen LogP contribution in [0.25, 0.3) is 0 Å². The lowest BCUT2D eigenvalue weighted by Gasteiger charge is -1.94. The molecule has 1 saturated carbocycles. The van der Waals surface area contributed by atoms with Crippen LogP contribution in [0.15, 0.2) is 18.3 Å². The van der Waals surface area contributed by atoms with Crippen molar-refractivity contribution in [2.75, 3.05) is 0 Å². The van der Waals surface area contributed by atoms with Gasteiger partial charge in [0.2, 0.25) is 0 Å². The zero-order valence-electron chi connectivity index (χ0n) is 5.88. The molecule has 0 N–H and O–H groups in total. The van der Waals surface area contributed by atoms with E-state index in [0.717, 1.165) is 12.3 Å². The van der Waals surface area contributed by atoms with Gasteiger partial charge in [-0.3, -0.25) is 4.98 Å². The van der Waals surface area contributed by atoms with E-state index in [0.29, 0.717) is 0 Å². The molecule has 10 heavy (non-hydrogen) atoms. The molecule has 1 aromatic rings. The largest absolute Gasteiger partial charge is 0.261 e. The monoisotopic (exact) mass is 132 g/mol. The summed E-state index contributed by atoms with van der Waals surface area (Å²) in [5.74, 6) is 0.934. The van der Waals surface area contributed by atoms with Crippen LogP contribution in [0.4, 0.5) is 0 Å². The van der Waals surface area contributed by atoms with Gasteiger partial charge in [0.1, 0.15) is 0 Å². The summed E-state index contributed by atoms with van der Waals surface area (Å²) in [5, 5.41) is 0. The number of rotatable bonds is 2. The molecule has 0 aliphatic heterocycles. The fourth-order valence-corrected chi connectivity index (χ4v) is 1.09. The van der Waals surface area contributed by atoms with E-state index in [-0.39, 0.29) is 0 Å². The molecule has 1 aliphatic carbocycles. The molecule has 0 amide bonds. The van der Waals surface area contributed by atoms with E-state index in [9.17, 15) is 0 Å². The van der Waals surface area contributed by atoms with Gasteiger partial charge in [-0.2, -0.15) is 0 Å². The van der Waals surface area contributed by atoms with Crippen LogP contribution in [-0.4, -0.2) is 4.98 Å². The summed E-state index contributed by atoms with van der Waals surface area (Å²) in [7, 11) is 0. The van der Waals surface area contributed by atoms with Crippen LogP contribution in [0.1, 0.15) is 18.5 Å². The average molecular weight is 132 g/mol. The first kappa shape index (κ1) is 5.90. The first-order valence-electron chi connectivity index (χ1n) is 3.76. The number of nitrogens with zero attached hydrogens (tertiary/aromatic N) is 1. The van der Waals surface area contributed by atoms with Crippen LogP contribution in [0.2, 0.25) is 0 Å². The fourth-order valence-electron chi connectivity index (χ4n) is 1.09. The Bertz CT molecular complexity index is 201. The van der Waals surface area contributed by atoms with E-state index < -0.39 is 0 Å². The number of aromatic nitrogens is 1. The molecule has 0 unspecified atom stereocenters. The van der Waals surface area contributed by atoms with Gasteiger partial charge in [0.25, 0.3) is 0 Å². The number of hydrogen-bond acceptors (Lipinski definition) is 1. The average Bonchev–Trinajstić information content (AvgIpc) is 2.74. The van der Waals surface area contributed by atoms with Gasteiger partial charge in [0.15, 0.2) is 0 Å². The van der Waals surface area contributed by atoms with Crippen molar-refractivity contribution in [3.05, 3.63) is 30.1 Å². The number of pyridine rings is 1. The highest BCUT2D eigenvalue weighted by molar-refractivity contribution is 5.04. The van der Waals surface area contributed by atoms with Gasteiger partial charge in [0.05, 0.1) is 0 Å². The van der Waals surface area contributed by atoms with Gasteiger partial charge in [0, 0.05) is 11.9 Å². The highest BCUT2D eigenvalue weighted by atomic mass is 14.7. The topological polar surface area (TPSA) is 12.9 Å². The van der Waals surface area contributed by atoms with Crippen molar-refractivity contribution < 1.29 is 0 Å². The van der Waals surface area contributed by atoms with Gasteiger partial charge in [-0.1, -0.05) is 0 Å². The summed E-state index contributed by atoms with van der Waals surface area (Å²) in [6.45, 7) is 0. The molecular weight excluding hydrogens is 122 g/mol. The maximum atomic E-state index is 4.23. The predicted octanol–water partition coefficient (Wildman–Crippen LogP) is 1.83. The van der Waals surface area contributed by atoms with Crippen molar-refractivity contribution in [3.63, 3.8) is 0 Å². The Morgan fingerprint density at radius 3 is 3.10 bits per heavy atom. The lowest BCUT2D eigenvalue weighted by molar-refractivity contribution is 0.804. The Morgan fingerprint density at radius 2 is 2.50 bits per heavy atom. The molecule has 0 spiro atoms. The summed E-state index contributed by atoms with van der Waals surface area (Å²) in [5.41, 5.74) is 1.20. The zero-order valence-corrected chi connectivity index (χ0v) is 5.88. The summed E-state index contributed by atoms with van der Waals surface area (Å²) in [4.78, 5) is 4.23. The normalized spacial score (nSPS) is 17.2. The molecule has 1 aromatic heterocycles. The highest BCUT2D eigenvalue weighted by Gasteiger charge is 2.21. The van der Waals surface area contributed by atoms with Gasteiger partial charge >= 0.3 is 0 Å². The first-order chi connectivity index (χ1) is 4.95. The second-order valence-electron chi connectivity index (χ2n) is 2.89. The second-order valence-corrected chi connectivity index (χ2v) is 2.89. The van der Waals surface area contributed by atoms with Gasteiger partial charge in [-0.15, -0.1) is 0 Å². The van der Waals surface area contributed by atoms with Gasteiger partial charge < -0.3 is 0 Å². The molecule has 1 heteroatoms. The standard InChI is InChI=1S/C9H10N/c1-2-6-10-9(3-1)7-8-4-5-8/h2-3,6,8H,4-5,7H2. The molecule has 1 aliphatic rings. The molecule has 1 heterocycles. The van der Waals surface area contributed by atoms with Crippen LogP contribution in [0.3, 0.4) is 0 Å². The van der Waals surface area contributed by atoms with Crippen molar-refractivity contribution in [1.29, 1.82) is 0 Å². The van der Waals surface area contributed by atoms with Crippen molar-refractivity contribution in [3.8, 4) is 0 Å². The van der Waals surface area contributed by atoms with Crippen LogP contribution >= 0.6 is 0 Å². The molecule has 0 aromatic carbocycles. The minimum Gasteiger partial charge on any atom is -0.261 e. The molecule has 2 rings (SSSR count). The van der Waals surface area contributed by atoms with Crippen LogP contribution < -0.4 is 0 Å². The predicted molar refractivity (Wildman–Crippen MR) is 39.5 cm³/mol. The highest BCUT2D eigenvalue weighted by Crippen LogP contribution is 2.31.